The molecule has 2 rings (SSSR count). The fourth-order valence-corrected chi connectivity index (χ4v) is 2.03. The molecule has 1 aromatic carbocycles. The summed E-state index contributed by atoms with van der Waals surface area (Å²) in [7, 11) is 0. The molecule has 0 aliphatic carbocycles. The number of carbonyl (C=O) groups is 2. The fourth-order valence-electron chi connectivity index (χ4n) is 2.03. The third-order valence-electron chi connectivity index (χ3n) is 3.41. The third-order valence-corrected chi connectivity index (χ3v) is 3.41. The van der Waals surface area contributed by atoms with Crippen molar-refractivity contribution in [3.05, 3.63) is 42.7 Å². The molecule has 5 heteroatoms. The van der Waals surface area contributed by atoms with Crippen LogP contribution in [0.5, 0.6) is 0 Å². The standard InChI is InChI=1S/C13H16N.C6H10O4/c1-2-3-9-14-10-8-12-6-4-5-7-13(12)11-14;1-2-3-4-10-6(9)5(7)8/h4-8,10-11H,2-3,9H2,1H3;2-4H2,1H3,(H,7,8)/q+1;/p-1. The number of unbranched alkanes of at least 4 members (excludes halogenated alkanes) is 2. The van der Waals surface area contributed by atoms with Crippen LogP contribution in [0, 0.1) is 0 Å². The molecule has 0 aliphatic rings. The molecule has 2 aromatic rings. The number of fused-ring (bicyclic) bond motifs is 1. The van der Waals surface area contributed by atoms with Gasteiger partial charge in [-0.2, -0.15) is 0 Å². The van der Waals surface area contributed by atoms with E-state index >= 15 is 0 Å². The minimum Gasteiger partial charge on any atom is -0.539 e. The summed E-state index contributed by atoms with van der Waals surface area (Å²) in [5, 5.41) is 12.4. The van der Waals surface area contributed by atoms with E-state index in [0.29, 0.717) is 6.42 Å². The maximum Gasteiger partial charge on any atom is 0.354 e. The predicted octanol–water partition coefficient (Wildman–Crippen LogP) is 2.01. The second kappa shape index (κ2) is 11.2. The zero-order chi connectivity index (χ0) is 17.8. The number of aliphatic carboxylic acids is 1. The lowest BCUT2D eigenvalue weighted by molar-refractivity contribution is -0.696. The molecule has 1 aromatic heterocycles. The van der Waals surface area contributed by atoms with Crippen molar-refractivity contribution in [2.75, 3.05) is 6.61 Å². The van der Waals surface area contributed by atoms with Gasteiger partial charge in [0.2, 0.25) is 0 Å². The first-order chi connectivity index (χ1) is 11.6. The molecule has 0 radical (unpaired) electrons. The highest BCUT2D eigenvalue weighted by Gasteiger charge is 2.01. The minimum absolute atomic E-state index is 0.156. The van der Waals surface area contributed by atoms with Crippen molar-refractivity contribution < 1.29 is 24.0 Å². The number of carbonyl (C=O) groups excluding carboxylic acids is 2. The van der Waals surface area contributed by atoms with Gasteiger partial charge in [-0.1, -0.05) is 44.9 Å². The van der Waals surface area contributed by atoms with Crippen LogP contribution >= 0.6 is 0 Å². The van der Waals surface area contributed by atoms with Gasteiger partial charge in [-0.3, -0.25) is 0 Å². The first-order valence-corrected chi connectivity index (χ1v) is 8.34. The Kier molecular flexibility index (Phi) is 9.12. The normalized spacial score (nSPS) is 9.92. The van der Waals surface area contributed by atoms with E-state index in [2.05, 4.69) is 59.0 Å². The van der Waals surface area contributed by atoms with E-state index in [9.17, 15) is 14.7 Å². The Morgan fingerprint density at radius 2 is 1.71 bits per heavy atom. The van der Waals surface area contributed by atoms with Crippen LogP contribution in [0.3, 0.4) is 0 Å². The highest BCUT2D eigenvalue weighted by molar-refractivity contribution is 6.27. The molecule has 130 valence electrons. The van der Waals surface area contributed by atoms with E-state index in [1.807, 2.05) is 6.92 Å². The molecule has 0 atom stereocenters. The summed E-state index contributed by atoms with van der Waals surface area (Å²) in [6.07, 6.45) is 8.44. The second-order valence-corrected chi connectivity index (χ2v) is 5.44. The Morgan fingerprint density at radius 3 is 2.33 bits per heavy atom. The molecule has 24 heavy (non-hydrogen) atoms. The summed E-state index contributed by atoms with van der Waals surface area (Å²) < 4.78 is 6.51. The Hall–Kier alpha value is -2.43. The SMILES string of the molecule is CCCCOC(=O)C(=O)[O-].CCCC[n+]1ccc2ccccc2c1. The number of carboxylic acid groups (broad SMARTS) is 1. The summed E-state index contributed by atoms with van der Waals surface area (Å²) in [4.78, 5) is 19.8. The van der Waals surface area contributed by atoms with Gasteiger partial charge in [0, 0.05) is 17.9 Å². The van der Waals surface area contributed by atoms with Gasteiger partial charge in [-0.25, -0.2) is 9.36 Å². The maximum atomic E-state index is 10.1. The van der Waals surface area contributed by atoms with Gasteiger partial charge in [0.25, 0.3) is 0 Å². The monoisotopic (exact) mass is 331 g/mol. The van der Waals surface area contributed by atoms with Gasteiger partial charge in [-0.15, -0.1) is 0 Å². The summed E-state index contributed by atoms with van der Waals surface area (Å²) in [6, 6.07) is 10.7. The molecule has 5 nitrogen and oxygen atoms in total. The Labute approximate surface area is 142 Å². The van der Waals surface area contributed by atoms with Gasteiger partial charge < -0.3 is 14.6 Å². The Bertz CT molecular complexity index is 655. The summed E-state index contributed by atoms with van der Waals surface area (Å²) in [5.41, 5.74) is 0. The summed E-state index contributed by atoms with van der Waals surface area (Å²) >= 11 is 0. The molecule has 0 fully saturated rings. The van der Waals surface area contributed by atoms with Gasteiger partial charge in [0.15, 0.2) is 18.4 Å². The predicted molar refractivity (Wildman–Crippen MR) is 89.9 cm³/mol. The van der Waals surface area contributed by atoms with E-state index < -0.39 is 11.9 Å². The maximum absolute atomic E-state index is 10.1. The van der Waals surface area contributed by atoms with Gasteiger partial charge in [0.1, 0.15) is 6.54 Å². The van der Waals surface area contributed by atoms with Crippen LogP contribution in [0.25, 0.3) is 10.8 Å². The van der Waals surface area contributed by atoms with Crippen LogP contribution in [0.4, 0.5) is 0 Å². The van der Waals surface area contributed by atoms with Crippen molar-refractivity contribution in [2.24, 2.45) is 0 Å². The number of carboxylic acids is 1. The fraction of sp³-hybridized carbons (Fsp3) is 0.421. The van der Waals surface area contributed by atoms with Gasteiger partial charge >= 0.3 is 5.97 Å². The molecule has 0 N–H and O–H groups in total. The molecule has 0 amide bonds. The number of aryl methyl sites for hydroxylation is 1. The first kappa shape index (κ1) is 19.6. The van der Waals surface area contributed by atoms with Gasteiger partial charge in [0.05, 0.1) is 6.61 Å². The lowest BCUT2D eigenvalue weighted by Crippen LogP contribution is -2.33. The third kappa shape index (κ3) is 7.22. The van der Waals surface area contributed by atoms with Crippen molar-refractivity contribution in [3.63, 3.8) is 0 Å². The van der Waals surface area contributed by atoms with E-state index in [4.69, 9.17) is 0 Å². The lowest BCUT2D eigenvalue weighted by atomic mass is 10.2. The van der Waals surface area contributed by atoms with Crippen LogP contribution in [0.2, 0.25) is 0 Å². The van der Waals surface area contributed by atoms with Crippen LogP contribution < -0.4 is 9.67 Å². The molecular weight excluding hydrogens is 306 g/mol. The van der Waals surface area contributed by atoms with Crippen molar-refractivity contribution in [1.82, 2.24) is 0 Å². The second-order valence-electron chi connectivity index (χ2n) is 5.44. The number of esters is 1. The smallest absolute Gasteiger partial charge is 0.354 e. The van der Waals surface area contributed by atoms with Crippen molar-refractivity contribution in [3.8, 4) is 0 Å². The van der Waals surface area contributed by atoms with Crippen molar-refractivity contribution in [1.29, 1.82) is 0 Å². The minimum atomic E-state index is -1.78. The van der Waals surface area contributed by atoms with E-state index in [0.717, 1.165) is 13.0 Å². The molecule has 0 spiro atoms. The summed E-state index contributed by atoms with van der Waals surface area (Å²) in [5.74, 6) is -3.07. The number of hydrogen-bond donors (Lipinski definition) is 0. The highest BCUT2D eigenvalue weighted by Crippen LogP contribution is 2.09. The Balaban J connectivity index is 0.000000257. The first-order valence-electron chi connectivity index (χ1n) is 8.34. The number of aromatic nitrogens is 1. The largest absolute Gasteiger partial charge is 0.539 e. The molecule has 0 saturated carbocycles. The van der Waals surface area contributed by atoms with Gasteiger partial charge in [-0.05, 0) is 17.9 Å². The molecule has 0 aliphatic heterocycles. The average molecular weight is 331 g/mol. The van der Waals surface area contributed by atoms with Crippen LogP contribution in [-0.4, -0.2) is 18.5 Å². The quantitative estimate of drug-likeness (QED) is 0.351. The molecular formula is C19H25NO4. The van der Waals surface area contributed by atoms with Crippen molar-refractivity contribution >= 4 is 22.7 Å². The molecule has 0 bridgehead atoms. The number of benzene rings is 1. The zero-order valence-corrected chi connectivity index (χ0v) is 14.4. The van der Waals surface area contributed by atoms with Crippen LogP contribution in [0.15, 0.2) is 42.7 Å². The van der Waals surface area contributed by atoms with Crippen molar-refractivity contribution in [2.45, 2.75) is 46.1 Å². The van der Waals surface area contributed by atoms with E-state index in [1.165, 1.54) is 23.6 Å². The summed E-state index contributed by atoms with van der Waals surface area (Å²) in [6.45, 7) is 5.42. The number of ether oxygens (including phenoxy) is 1. The van der Waals surface area contributed by atoms with E-state index in [1.54, 1.807) is 0 Å². The van der Waals surface area contributed by atoms with Crippen LogP contribution in [0.1, 0.15) is 39.5 Å². The molecule has 1 heterocycles. The molecule has 0 saturated heterocycles. The lowest BCUT2D eigenvalue weighted by Gasteiger charge is -2.02. The number of pyridine rings is 1. The topological polar surface area (TPSA) is 70.3 Å². The van der Waals surface area contributed by atoms with E-state index in [-0.39, 0.29) is 6.61 Å². The number of hydrogen-bond acceptors (Lipinski definition) is 4. The average Bonchev–Trinajstić information content (AvgIpc) is 2.60. The molecule has 0 unspecified atom stereocenters. The Morgan fingerprint density at radius 1 is 1.04 bits per heavy atom. The number of rotatable bonds is 6. The zero-order valence-electron chi connectivity index (χ0n) is 14.4. The number of nitrogens with zero attached hydrogens (tertiary/aromatic N) is 1. The highest BCUT2D eigenvalue weighted by atomic mass is 16.6. The van der Waals surface area contributed by atoms with Crippen LogP contribution in [-0.2, 0) is 20.9 Å².